The third kappa shape index (κ3) is 3.60. The molecule has 1 aliphatic heterocycles. The van der Waals surface area contributed by atoms with Gasteiger partial charge in [0, 0.05) is 43.3 Å². The third-order valence-corrected chi connectivity index (χ3v) is 4.05. The van der Waals surface area contributed by atoms with Crippen molar-refractivity contribution < 1.29 is 14.2 Å². The lowest BCUT2D eigenvalue weighted by Crippen LogP contribution is -2.53. The van der Waals surface area contributed by atoms with Gasteiger partial charge in [-0.3, -0.25) is 4.90 Å². The minimum atomic E-state index is 0.499. The maximum atomic E-state index is 5.51. The molecule has 5 heteroatoms. The Labute approximate surface area is 127 Å². The molecule has 0 aromatic heterocycles. The van der Waals surface area contributed by atoms with Gasteiger partial charge in [0.2, 0.25) is 0 Å². The molecule has 0 saturated carbocycles. The smallest absolute Gasteiger partial charge is 0.164 e. The van der Waals surface area contributed by atoms with Gasteiger partial charge in [-0.05, 0) is 19.9 Å². The second kappa shape index (κ2) is 7.00. The summed E-state index contributed by atoms with van der Waals surface area (Å²) in [4.78, 5) is 2.46. The van der Waals surface area contributed by atoms with E-state index >= 15 is 0 Å². The average Bonchev–Trinajstić information content (AvgIpc) is 2.50. The zero-order chi connectivity index (χ0) is 15.4. The van der Waals surface area contributed by atoms with Gasteiger partial charge in [-0.25, -0.2) is 0 Å². The van der Waals surface area contributed by atoms with E-state index < -0.39 is 0 Å². The Kier molecular flexibility index (Phi) is 5.31. The summed E-state index contributed by atoms with van der Waals surface area (Å²) < 4.78 is 16.2. The van der Waals surface area contributed by atoms with Crippen molar-refractivity contribution in [1.29, 1.82) is 0 Å². The highest BCUT2D eigenvalue weighted by Gasteiger charge is 2.24. The van der Waals surface area contributed by atoms with Crippen LogP contribution >= 0.6 is 0 Å². The van der Waals surface area contributed by atoms with E-state index in [0.29, 0.717) is 17.8 Å². The molecular formula is C16H26N2O3. The van der Waals surface area contributed by atoms with Crippen LogP contribution in [0.3, 0.4) is 0 Å². The number of methoxy groups -OCH3 is 3. The van der Waals surface area contributed by atoms with Crippen LogP contribution in [0.2, 0.25) is 0 Å². The first kappa shape index (κ1) is 15.9. The SMILES string of the molecule is COc1cc(OC)c(OC)cc1CN1CC(C)NCC1C. The standard InChI is InChI=1S/C16H26N2O3/c1-11-9-18(12(2)8-17-11)10-13-6-15(20-4)16(21-5)7-14(13)19-3/h6-7,11-12,17H,8-10H2,1-5H3. The highest BCUT2D eigenvalue weighted by Crippen LogP contribution is 2.35. The quantitative estimate of drug-likeness (QED) is 0.898. The maximum absolute atomic E-state index is 5.51. The molecule has 1 heterocycles. The number of benzene rings is 1. The van der Waals surface area contributed by atoms with E-state index in [1.165, 1.54) is 0 Å². The number of rotatable bonds is 5. The molecule has 2 unspecified atom stereocenters. The van der Waals surface area contributed by atoms with Gasteiger partial charge in [0.1, 0.15) is 5.75 Å². The second-order valence-corrected chi connectivity index (χ2v) is 5.61. The zero-order valence-electron chi connectivity index (χ0n) is 13.6. The number of nitrogens with zero attached hydrogens (tertiary/aromatic N) is 1. The Balaban J connectivity index is 2.25. The fourth-order valence-corrected chi connectivity index (χ4v) is 2.75. The highest BCUT2D eigenvalue weighted by atomic mass is 16.5. The first-order valence-corrected chi connectivity index (χ1v) is 7.35. The summed E-state index contributed by atoms with van der Waals surface area (Å²) in [5.41, 5.74) is 1.12. The molecule has 1 aliphatic rings. The van der Waals surface area contributed by atoms with E-state index in [1.807, 2.05) is 12.1 Å². The van der Waals surface area contributed by atoms with Crippen LogP contribution in [0.25, 0.3) is 0 Å². The van der Waals surface area contributed by atoms with E-state index in [4.69, 9.17) is 14.2 Å². The number of nitrogens with one attached hydrogen (secondary N) is 1. The van der Waals surface area contributed by atoms with Crippen molar-refractivity contribution in [3.8, 4) is 17.2 Å². The van der Waals surface area contributed by atoms with Crippen molar-refractivity contribution in [1.82, 2.24) is 10.2 Å². The first-order chi connectivity index (χ1) is 10.1. The summed E-state index contributed by atoms with van der Waals surface area (Å²) in [5, 5.41) is 3.50. The van der Waals surface area contributed by atoms with E-state index in [2.05, 4.69) is 24.1 Å². The van der Waals surface area contributed by atoms with E-state index in [0.717, 1.165) is 36.7 Å². The average molecular weight is 294 g/mol. The minimum Gasteiger partial charge on any atom is -0.496 e. The predicted molar refractivity (Wildman–Crippen MR) is 83.4 cm³/mol. The highest BCUT2D eigenvalue weighted by molar-refractivity contribution is 5.50. The molecule has 0 amide bonds. The van der Waals surface area contributed by atoms with Crippen LogP contribution < -0.4 is 19.5 Å². The Morgan fingerprint density at radius 2 is 1.67 bits per heavy atom. The Bertz CT molecular complexity index is 479. The molecule has 0 aliphatic carbocycles. The lowest BCUT2D eigenvalue weighted by molar-refractivity contribution is 0.137. The van der Waals surface area contributed by atoms with Crippen LogP contribution in [0.5, 0.6) is 17.2 Å². The van der Waals surface area contributed by atoms with Gasteiger partial charge in [-0.15, -0.1) is 0 Å². The zero-order valence-corrected chi connectivity index (χ0v) is 13.6. The van der Waals surface area contributed by atoms with Gasteiger partial charge in [-0.2, -0.15) is 0 Å². The maximum Gasteiger partial charge on any atom is 0.164 e. The molecule has 1 saturated heterocycles. The molecule has 0 bridgehead atoms. The van der Waals surface area contributed by atoms with Crippen molar-refractivity contribution in [3.63, 3.8) is 0 Å². The summed E-state index contributed by atoms with van der Waals surface area (Å²) in [6, 6.07) is 4.91. The number of hydrogen-bond acceptors (Lipinski definition) is 5. The fraction of sp³-hybridized carbons (Fsp3) is 0.625. The van der Waals surface area contributed by atoms with Crippen LogP contribution in [-0.2, 0) is 6.54 Å². The van der Waals surface area contributed by atoms with Gasteiger partial charge in [0.25, 0.3) is 0 Å². The topological polar surface area (TPSA) is 43.0 Å². The van der Waals surface area contributed by atoms with Gasteiger partial charge >= 0.3 is 0 Å². The van der Waals surface area contributed by atoms with Crippen molar-refractivity contribution in [2.75, 3.05) is 34.4 Å². The molecule has 1 aromatic carbocycles. The number of piperazine rings is 1. The summed E-state index contributed by atoms with van der Waals surface area (Å²) >= 11 is 0. The van der Waals surface area contributed by atoms with Crippen molar-refractivity contribution in [2.24, 2.45) is 0 Å². The normalized spacial score (nSPS) is 22.9. The summed E-state index contributed by atoms with van der Waals surface area (Å²) in [5.74, 6) is 2.27. The fourth-order valence-electron chi connectivity index (χ4n) is 2.75. The number of ether oxygens (including phenoxy) is 3. The molecule has 1 N–H and O–H groups in total. The van der Waals surface area contributed by atoms with Crippen LogP contribution in [0, 0.1) is 0 Å². The first-order valence-electron chi connectivity index (χ1n) is 7.35. The largest absolute Gasteiger partial charge is 0.496 e. The van der Waals surface area contributed by atoms with Gasteiger partial charge in [0.15, 0.2) is 11.5 Å². The molecule has 21 heavy (non-hydrogen) atoms. The van der Waals surface area contributed by atoms with Crippen molar-refractivity contribution in [2.45, 2.75) is 32.5 Å². The molecule has 5 nitrogen and oxygen atoms in total. The minimum absolute atomic E-state index is 0.499. The van der Waals surface area contributed by atoms with Crippen LogP contribution in [0.4, 0.5) is 0 Å². The lowest BCUT2D eigenvalue weighted by Gasteiger charge is -2.37. The summed E-state index contributed by atoms with van der Waals surface area (Å²) in [6.45, 7) is 7.34. The van der Waals surface area contributed by atoms with E-state index in [-0.39, 0.29) is 0 Å². The molecule has 0 spiro atoms. The Morgan fingerprint density at radius 3 is 2.29 bits per heavy atom. The Morgan fingerprint density at radius 1 is 1.05 bits per heavy atom. The third-order valence-electron chi connectivity index (χ3n) is 4.05. The van der Waals surface area contributed by atoms with E-state index in [9.17, 15) is 0 Å². The molecule has 1 aromatic rings. The summed E-state index contributed by atoms with van der Waals surface area (Å²) in [7, 11) is 4.98. The van der Waals surface area contributed by atoms with Gasteiger partial charge in [0.05, 0.1) is 21.3 Å². The molecular weight excluding hydrogens is 268 g/mol. The molecule has 118 valence electrons. The van der Waals surface area contributed by atoms with Crippen LogP contribution in [0.15, 0.2) is 12.1 Å². The van der Waals surface area contributed by atoms with Gasteiger partial charge in [-0.1, -0.05) is 0 Å². The monoisotopic (exact) mass is 294 g/mol. The van der Waals surface area contributed by atoms with Crippen LogP contribution in [0.1, 0.15) is 19.4 Å². The number of hydrogen-bond donors (Lipinski definition) is 1. The molecule has 2 atom stereocenters. The molecule has 0 radical (unpaired) electrons. The van der Waals surface area contributed by atoms with Crippen LogP contribution in [-0.4, -0.2) is 51.4 Å². The summed E-state index contributed by atoms with van der Waals surface area (Å²) in [6.07, 6.45) is 0. The predicted octanol–water partition coefficient (Wildman–Crippen LogP) is 1.89. The Hall–Kier alpha value is -1.46. The molecule has 1 fully saturated rings. The van der Waals surface area contributed by atoms with Crippen molar-refractivity contribution >= 4 is 0 Å². The second-order valence-electron chi connectivity index (χ2n) is 5.61. The lowest BCUT2D eigenvalue weighted by atomic mass is 10.1. The van der Waals surface area contributed by atoms with Crippen molar-refractivity contribution in [3.05, 3.63) is 17.7 Å². The van der Waals surface area contributed by atoms with E-state index in [1.54, 1.807) is 21.3 Å². The van der Waals surface area contributed by atoms with Gasteiger partial charge < -0.3 is 19.5 Å². The molecule has 2 rings (SSSR count).